The zero-order chi connectivity index (χ0) is 24.6. The highest BCUT2D eigenvalue weighted by atomic mass is 19.2. The standard InChI is InChI=1S/C24H7F10/c25-11-5-3-7-13(21(31)23(33)15(7)19(11)29)9-1-2-10(18(28)17(9)27)14-8-4-6-12(26)20(30)16(8)24(34)22(14)32/h1,3-6,13-14H. The van der Waals surface area contributed by atoms with Crippen LogP contribution in [0, 0.1) is 41.0 Å². The molecule has 173 valence electrons. The quantitative estimate of drug-likeness (QED) is 0.325. The average Bonchev–Trinajstić information content (AvgIpc) is 3.21. The molecule has 0 bridgehead atoms. The van der Waals surface area contributed by atoms with Gasteiger partial charge in [0.25, 0.3) is 0 Å². The lowest BCUT2D eigenvalue weighted by atomic mass is 9.87. The molecule has 2 unspecified atom stereocenters. The van der Waals surface area contributed by atoms with Crippen molar-refractivity contribution in [1.82, 2.24) is 0 Å². The second-order valence-electron chi connectivity index (χ2n) is 7.63. The second-order valence-corrected chi connectivity index (χ2v) is 7.63. The van der Waals surface area contributed by atoms with E-state index in [1.54, 1.807) is 0 Å². The van der Waals surface area contributed by atoms with Gasteiger partial charge in [-0.2, -0.15) is 0 Å². The first-order valence-electron chi connectivity index (χ1n) is 9.52. The lowest BCUT2D eigenvalue weighted by Gasteiger charge is -2.18. The summed E-state index contributed by atoms with van der Waals surface area (Å²) in [6.45, 7) is 0. The van der Waals surface area contributed by atoms with Gasteiger partial charge in [0.1, 0.15) is 11.7 Å². The van der Waals surface area contributed by atoms with E-state index in [-0.39, 0.29) is 0 Å². The third-order valence-electron chi connectivity index (χ3n) is 5.91. The number of fused-ring (bicyclic) bond motifs is 2. The van der Waals surface area contributed by atoms with Crippen molar-refractivity contribution >= 4 is 11.7 Å². The Bertz CT molecular complexity index is 1360. The van der Waals surface area contributed by atoms with Crippen LogP contribution in [0.3, 0.4) is 0 Å². The van der Waals surface area contributed by atoms with Crippen molar-refractivity contribution in [3.63, 3.8) is 0 Å². The maximum absolute atomic E-state index is 15.0. The summed E-state index contributed by atoms with van der Waals surface area (Å²) >= 11 is 0. The molecule has 0 saturated heterocycles. The average molecular weight is 485 g/mol. The van der Waals surface area contributed by atoms with E-state index in [0.29, 0.717) is 18.2 Å². The fourth-order valence-electron chi connectivity index (χ4n) is 4.36. The van der Waals surface area contributed by atoms with Gasteiger partial charge in [0.05, 0.1) is 23.0 Å². The normalized spacial score (nSPS) is 19.2. The summed E-state index contributed by atoms with van der Waals surface area (Å²) in [6, 6.07) is 5.41. The Morgan fingerprint density at radius 1 is 0.500 bits per heavy atom. The van der Waals surface area contributed by atoms with Gasteiger partial charge >= 0.3 is 0 Å². The Kier molecular flexibility index (Phi) is 4.89. The molecule has 0 aliphatic heterocycles. The molecule has 34 heavy (non-hydrogen) atoms. The van der Waals surface area contributed by atoms with E-state index in [9.17, 15) is 35.1 Å². The van der Waals surface area contributed by atoms with Gasteiger partial charge in [0.2, 0.25) is 0 Å². The Hall–Kier alpha value is -3.56. The molecule has 3 aromatic rings. The maximum atomic E-state index is 15.0. The molecule has 0 fully saturated rings. The van der Waals surface area contributed by atoms with Crippen molar-refractivity contribution in [2.24, 2.45) is 0 Å². The van der Waals surface area contributed by atoms with Gasteiger partial charge in [0.15, 0.2) is 46.6 Å². The van der Waals surface area contributed by atoms with E-state index in [0.717, 1.165) is 12.1 Å². The Morgan fingerprint density at radius 2 is 0.971 bits per heavy atom. The first-order chi connectivity index (χ1) is 16.1. The molecule has 3 aromatic carbocycles. The Labute approximate surface area is 184 Å². The van der Waals surface area contributed by atoms with Crippen LogP contribution in [-0.4, -0.2) is 0 Å². The van der Waals surface area contributed by atoms with E-state index in [1.165, 1.54) is 0 Å². The van der Waals surface area contributed by atoms with Crippen LogP contribution in [0.5, 0.6) is 0 Å². The third-order valence-corrected chi connectivity index (χ3v) is 5.91. The van der Waals surface area contributed by atoms with Crippen molar-refractivity contribution < 1.29 is 43.9 Å². The first-order valence-corrected chi connectivity index (χ1v) is 9.52. The van der Waals surface area contributed by atoms with Crippen molar-refractivity contribution in [3.05, 3.63) is 116 Å². The summed E-state index contributed by atoms with van der Waals surface area (Å²) in [4.78, 5) is 0. The first kappa shape index (κ1) is 22.2. The van der Waals surface area contributed by atoms with Crippen LogP contribution in [0.25, 0.3) is 11.7 Å². The highest BCUT2D eigenvalue weighted by Crippen LogP contribution is 2.51. The SMILES string of the molecule is FC1=C(F)C(c2[c]cc(C3C(F)=C(F)c4c3ccc(F)c4F)c(F)c2F)c2ccc(F)c(F)c21. The minimum absolute atomic E-state index is 0.533. The molecular formula is C24H7F10. The minimum Gasteiger partial charge on any atom is -0.208 e. The number of benzene rings is 3. The van der Waals surface area contributed by atoms with Crippen LogP contribution < -0.4 is 0 Å². The number of halogens is 10. The van der Waals surface area contributed by atoms with Gasteiger partial charge in [-0.15, -0.1) is 0 Å². The Balaban J connectivity index is 1.67. The molecule has 2 aliphatic rings. The van der Waals surface area contributed by atoms with Gasteiger partial charge in [-0.25, -0.2) is 43.9 Å². The summed E-state index contributed by atoms with van der Waals surface area (Å²) in [5, 5.41) is 0. The van der Waals surface area contributed by atoms with Crippen LogP contribution in [0.4, 0.5) is 43.9 Å². The van der Waals surface area contributed by atoms with Crippen LogP contribution in [0.1, 0.15) is 45.2 Å². The zero-order valence-electron chi connectivity index (χ0n) is 16.3. The van der Waals surface area contributed by atoms with E-state index in [1.807, 2.05) is 0 Å². The molecule has 1 radical (unpaired) electrons. The predicted octanol–water partition coefficient (Wildman–Crippen LogP) is 7.83. The number of rotatable bonds is 2. The van der Waals surface area contributed by atoms with Gasteiger partial charge in [-0.1, -0.05) is 12.1 Å². The van der Waals surface area contributed by atoms with E-state index < -0.39 is 103 Å². The molecule has 0 nitrogen and oxygen atoms in total. The smallest absolute Gasteiger partial charge is 0.169 e. The molecule has 2 atom stereocenters. The fraction of sp³-hybridized carbons (Fsp3) is 0.0833. The molecule has 0 aromatic heterocycles. The van der Waals surface area contributed by atoms with Crippen LogP contribution in [0.15, 0.2) is 42.0 Å². The molecule has 0 amide bonds. The highest BCUT2D eigenvalue weighted by Gasteiger charge is 2.42. The molecule has 2 aliphatic carbocycles. The highest BCUT2D eigenvalue weighted by molar-refractivity contribution is 5.76. The molecule has 0 N–H and O–H groups in total. The lowest BCUT2D eigenvalue weighted by Crippen LogP contribution is -2.10. The maximum Gasteiger partial charge on any atom is 0.169 e. The topological polar surface area (TPSA) is 0 Å². The van der Waals surface area contributed by atoms with Crippen LogP contribution in [-0.2, 0) is 0 Å². The molecule has 0 heterocycles. The third kappa shape index (κ3) is 2.80. The molecule has 0 spiro atoms. The van der Waals surface area contributed by atoms with Crippen molar-refractivity contribution in [1.29, 1.82) is 0 Å². The molecule has 5 rings (SSSR count). The van der Waals surface area contributed by atoms with Crippen LogP contribution in [0.2, 0.25) is 0 Å². The Morgan fingerprint density at radius 3 is 1.50 bits per heavy atom. The molecule has 10 heteroatoms. The van der Waals surface area contributed by atoms with E-state index >= 15 is 8.78 Å². The van der Waals surface area contributed by atoms with Crippen molar-refractivity contribution in [2.45, 2.75) is 11.8 Å². The summed E-state index contributed by atoms with van der Waals surface area (Å²) < 4.78 is 143. The molecule has 0 saturated carbocycles. The van der Waals surface area contributed by atoms with Gasteiger partial charge in [-0.05, 0) is 35.4 Å². The van der Waals surface area contributed by atoms with Gasteiger partial charge in [0, 0.05) is 11.1 Å². The van der Waals surface area contributed by atoms with E-state index in [2.05, 4.69) is 6.07 Å². The summed E-state index contributed by atoms with van der Waals surface area (Å²) in [5.74, 6) is -21.3. The largest absolute Gasteiger partial charge is 0.208 e. The minimum atomic E-state index is -2.03. The summed E-state index contributed by atoms with van der Waals surface area (Å²) in [5.41, 5.74) is -5.10. The fourth-order valence-corrected chi connectivity index (χ4v) is 4.36. The number of hydrogen-bond donors (Lipinski definition) is 0. The van der Waals surface area contributed by atoms with Gasteiger partial charge in [-0.3, -0.25) is 0 Å². The monoisotopic (exact) mass is 485 g/mol. The van der Waals surface area contributed by atoms with Crippen LogP contribution >= 0.6 is 0 Å². The number of allylic oxidation sites excluding steroid dienone is 2. The predicted molar refractivity (Wildman–Crippen MR) is 99.9 cm³/mol. The van der Waals surface area contributed by atoms with Gasteiger partial charge < -0.3 is 0 Å². The zero-order valence-corrected chi connectivity index (χ0v) is 16.3. The second kappa shape index (κ2) is 7.48. The molecular weight excluding hydrogens is 478 g/mol. The van der Waals surface area contributed by atoms with Crippen molar-refractivity contribution in [3.8, 4) is 0 Å². The van der Waals surface area contributed by atoms with E-state index in [4.69, 9.17) is 0 Å². The lowest BCUT2D eigenvalue weighted by molar-refractivity contribution is 0.470. The summed E-state index contributed by atoms with van der Waals surface area (Å²) in [6.07, 6.45) is 0. The van der Waals surface area contributed by atoms with Crippen molar-refractivity contribution in [2.75, 3.05) is 0 Å². The summed E-state index contributed by atoms with van der Waals surface area (Å²) in [7, 11) is 0. The number of hydrogen-bond acceptors (Lipinski definition) is 0.